The third-order valence-corrected chi connectivity index (χ3v) is 7.75. The number of nitrogens with one attached hydrogen (secondary N) is 1. The molecule has 0 radical (unpaired) electrons. The van der Waals surface area contributed by atoms with Crippen LogP contribution in [0.5, 0.6) is 0 Å². The Morgan fingerprint density at radius 2 is 1.73 bits per heavy atom. The zero-order valence-electron chi connectivity index (χ0n) is 23.3. The maximum absolute atomic E-state index is 12.4. The molecule has 0 unspecified atom stereocenters. The van der Waals surface area contributed by atoms with Crippen molar-refractivity contribution < 1.29 is 24.2 Å². The van der Waals surface area contributed by atoms with E-state index in [2.05, 4.69) is 31.0 Å². The van der Waals surface area contributed by atoms with Crippen LogP contribution in [0.3, 0.4) is 0 Å². The maximum Gasteiger partial charge on any atom is 0.348 e. The Hall–Kier alpha value is -2.33. The third-order valence-electron chi connectivity index (χ3n) is 6.72. The number of carboxylic acids is 1. The Morgan fingerprint density at radius 3 is 2.30 bits per heavy atom. The number of carboxylic acid groups (broad SMARTS) is 1. The summed E-state index contributed by atoms with van der Waals surface area (Å²) in [5.41, 5.74) is 0.213. The summed E-state index contributed by atoms with van der Waals surface area (Å²) in [5.74, 6) is 5.66. The summed E-state index contributed by atoms with van der Waals surface area (Å²) in [7, 11) is 0. The minimum absolute atomic E-state index is 0.00810. The van der Waals surface area contributed by atoms with E-state index in [1.807, 2.05) is 20.8 Å². The molecule has 0 aliphatic heterocycles. The van der Waals surface area contributed by atoms with E-state index < -0.39 is 5.97 Å². The van der Waals surface area contributed by atoms with Gasteiger partial charge in [-0.1, -0.05) is 38.5 Å². The first-order chi connectivity index (χ1) is 17.5. The number of carbonyl (C=O) groups is 3. The van der Waals surface area contributed by atoms with E-state index >= 15 is 0 Å². The lowest BCUT2D eigenvalue weighted by Crippen LogP contribution is -2.27. The summed E-state index contributed by atoms with van der Waals surface area (Å²) in [4.78, 5) is 35.9. The molecular formula is C30H45NO5S. The van der Waals surface area contributed by atoms with Gasteiger partial charge in [0.2, 0.25) is 5.91 Å². The Labute approximate surface area is 226 Å². The number of hydrogen-bond donors (Lipinski definition) is 2. The van der Waals surface area contributed by atoms with Crippen molar-refractivity contribution in [2.75, 3.05) is 5.32 Å². The molecule has 206 valence electrons. The fourth-order valence-corrected chi connectivity index (χ4v) is 5.27. The van der Waals surface area contributed by atoms with Crippen molar-refractivity contribution in [2.45, 2.75) is 118 Å². The Kier molecular flexibility index (Phi) is 12.7. The quantitative estimate of drug-likeness (QED) is 0.278. The molecule has 7 heteroatoms. The van der Waals surface area contributed by atoms with Crippen molar-refractivity contribution in [3.63, 3.8) is 0 Å². The van der Waals surface area contributed by atoms with Gasteiger partial charge in [-0.25, -0.2) is 4.79 Å². The van der Waals surface area contributed by atoms with Gasteiger partial charge in [0.1, 0.15) is 11.0 Å². The molecule has 0 aromatic carbocycles. The molecule has 2 N–H and O–H groups in total. The molecule has 37 heavy (non-hydrogen) atoms. The van der Waals surface area contributed by atoms with Gasteiger partial charge in [-0.05, 0) is 90.5 Å². The van der Waals surface area contributed by atoms with Crippen molar-refractivity contribution in [2.24, 2.45) is 17.3 Å². The van der Waals surface area contributed by atoms with Crippen LogP contribution in [0, 0.1) is 29.1 Å². The van der Waals surface area contributed by atoms with E-state index in [4.69, 9.17) is 4.74 Å². The van der Waals surface area contributed by atoms with Gasteiger partial charge in [0.15, 0.2) is 0 Å². The Balaban J connectivity index is 0.000000312. The van der Waals surface area contributed by atoms with E-state index in [1.54, 1.807) is 6.07 Å². The topological polar surface area (TPSA) is 92.7 Å². The van der Waals surface area contributed by atoms with Gasteiger partial charge in [-0.2, -0.15) is 0 Å². The van der Waals surface area contributed by atoms with Gasteiger partial charge >= 0.3 is 11.9 Å². The first-order valence-corrected chi connectivity index (χ1v) is 14.7. The van der Waals surface area contributed by atoms with E-state index in [9.17, 15) is 19.5 Å². The zero-order chi connectivity index (χ0) is 27.4. The molecule has 2 saturated carbocycles. The molecule has 1 aromatic heterocycles. The standard InChI is InChI=1S/C19H25NO3S.C11H20O2/c1-12-5-7-13(8-6-12)17(21)20-15-11-14(9-10-19(2,3)4)24-16(15)18(22)23;1-2-3-9-11(12)13-10-7-5-4-6-8-10/h11-13H,5-8H2,1-4H3,(H,20,21)(H,22,23);10H,2-9H2,1H3. The number of ether oxygens (including phenoxy) is 1. The minimum atomic E-state index is -1.03. The van der Waals surface area contributed by atoms with E-state index in [0.717, 1.165) is 62.7 Å². The van der Waals surface area contributed by atoms with E-state index in [-0.39, 0.29) is 34.2 Å². The first kappa shape index (κ1) is 30.9. The summed E-state index contributed by atoms with van der Waals surface area (Å²) >= 11 is 1.11. The summed E-state index contributed by atoms with van der Waals surface area (Å²) in [6.07, 6.45) is 12.6. The number of aromatic carboxylic acids is 1. The number of hydrogen-bond acceptors (Lipinski definition) is 5. The average Bonchev–Trinajstić information content (AvgIpc) is 3.25. The SMILES string of the molecule is CC1CCC(C(=O)Nc2cc(C#CC(C)(C)C)sc2C(=O)O)CC1.CCCCC(=O)OC1CCCCC1. The summed E-state index contributed by atoms with van der Waals surface area (Å²) in [5, 5.41) is 12.2. The fourth-order valence-electron chi connectivity index (χ4n) is 4.46. The van der Waals surface area contributed by atoms with Crippen molar-refractivity contribution in [3.05, 3.63) is 15.8 Å². The number of unbranched alkanes of at least 4 members (excludes halogenated alkanes) is 1. The summed E-state index contributed by atoms with van der Waals surface area (Å²) in [6, 6.07) is 1.68. The first-order valence-electron chi connectivity index (χ1n) is 13.9. The average molecular weight is 532 g/mol. The molecule has 6 nitrogen and oxygen atoms in total. The van der Waals surface area contributed by atoms with Gasteiger partial charge in [0.25, 0.3) is 0 Å². The minimum Gasteiger partial charge on any atom is -0.477 e. The van der Waals surface area contributed by atoms with Crippen LogP contribution in [0.2, 0.25) is 0 Å². The van der Waals surface area contributed by atoms with Crippen LogP contribution in [0.15, 0.2) is 6.07 Å². The monoisotopic (exact) mass is 531 g/mol. The molecule has 1 aromatic rings. The van der Waals surface area contributed by atoms with Crippen molar-refractivity contribution in [3.8, 4) is 11.8 Å². The van der Waals surface area contributed by atoms with E-state index in [0.29, 0.717) is 22.9 Å². The van der Waals surface area contributed by atoms with Crippen LogP contribution >= 0.6 is 11.3 Å². The molecule has 1 heterocycles. The van der Waals surface area contributed by atoms with Crippen LogP contribution in [0.25, 0.3) is 0 Å². The molecule has 2 fully saturated rings. The number of carbonyl (C=O) groups excluding carboxylic acids is 2. The smallest absolute Gasteiger partial charge is 0.348 e. The number of amides is 1. The highest BCUT2D eigenvalue weighted by molar-refractivity contribution is 7.15. The zero-order valence-corrected chi connectivity index (χ0v) is 24.1. The summed E-state index contributed by atoms with van der Waals surface area (Å²) < 4.78 is 5.35. The van der Waals surface area contributed by atoms with Crippen LogP contribution in [0.1, 0.15) is 126 Å². The van der Waals surface area contributed by atoms with Crippen LogP contribution < -0.4 is 5.32 Å². The second-order valence-electron chi connectivity index (χ2n) is 11.5. The molecule has 1 amide bonds. The second-order valence-corrected chi connectivity index (χ2v) is 12.5. The van der Waals surface area contributed by atoms with Crippen molar-refractivity contribution in [1.29, 1.82) is 0 Å². The van der Waals surface area contributed by atoms with Crippen LogP contribution in [-0.4, -0.2) is 29.1 Å². The normalized spacial score (nSPS) is 20.0. The lowest BCUT2D eigenvalue weighted by molar-refractivity contribution is -0.150. The number of anilines is 1. The molecule has 0 bridgehead atoms. The Bertz CT molecular complexity index is 951. The van der Waals surface area contributed by atoms with Gasteiger partial charge < -0.3 is 15.2 Å². The highest BCUT2D eigenvalue weighted by Crippen LogP contribution is 2.32. The molecule has 3 rings (SSSR count). The molecule has 2 aliphatic carbocycles. The van der Waals surface area contributed by atoms with Crippen LogP contribution in [-0.2, 0) is 14.3 Å². The molecular weight excluding hydrogens is 486 g/mol. The number of esters is 1. The largest absolute Gasteiger partial charge is 0.477 e. The van der Waals surface area contributed by atoms with Crippen molar-refractivity contribution in [1.82, 2.24) is 0 Å². The van der Waals surface area contributed by atoms with Gasteiger partial charge in [-0.15, -0.1) is 11.3 Å². The predicted octanol–water partition coefficient (Wildman–Crippen LogP) is 7.66. The maximum atomic E-state index is 12.4. The van der Waals surface area contributed by atoms with Crippen molar-refractivity contribution >= 4 is 34.9 Å². The number of rotatable bonds is 7. The molecule has 0 atom stereocenters. The van der Waals surface area contributed by atoms with Gasteiger partial charge in [0, 0.05) is 17.8 Å². The molecule has 2 aliphatic rings. The highest BCUT2D eigenvalue weighted by Gasteiger charge is 2.26. The highest BCUT2D eigenvalue weighted by atomic mass is 32.1. The second kappa shape index (κ2) is 15.2. The van der Waals surface area contributed by atoms with Gasteiger partial charge in [-0.3, -0.25) is 9.59 Å². The molecule has 0 spiro atoms. The van der Waals surface area contributed by atoms with E-state index in [1.165, 1.54) is 19.3 Å². The van der Waals surface area contributed by atoms with Crippen LogP contribution in [0.4, 0.5) is 5.69 Å². The Morgan fingerprint density at radius 1 is 1.08 bits per heavy atom. The lowest BCUT2D eigenvalue weighted by Gasteiger charge is -2.25. The lowest BCUT2D eigenvalue weighted by atomic mass is 9.82. The third kappa shape index (κ3) is 11.7. The fraction of sp³-hybridized carbons (Fsp3) is 0.700. The number of thiophene rings is 1. The van der Waals surface area contributed by atoms with Gasteiger partial charge in [0.05, 0.1) is 10.6 Å². The predicted molar refractivity (Wildman–Crippen MR) is 150 cm³/mol. The summed E-state index contributed by atoms with van der Waals surface area (Å²) in [6.45, 7) is 10.3. The molecule has 0 saturated heterocycles.